The van der Waals surface area contributed by atoms with Gasteiger partial charge in [-0.05, 0) is 82.2 Å². The third kappa shape index (κ3) is 4.69. The standard InChI is InChI=1S/C28H32FN7/c1-17-12-22(29)26(32-14-17)33-20-5-3-4-19(13-20)25-34-23-16-31-15-21(18-6-7-18)24(23)27(35-25)36-28(2)8-10-30-11-9-28/h3-4,12-16,18,20,30H,5-11H2,1-2H3,(H,32,33)(H,34,35,36). The summed E-state index contributed by atoms with van der Waals surface area (Å²) < 4.78 is 14.4. The number of pyridine rings is 2. The zero-order valence-corrected chi connectivity index (χ0v) is 20.8. The minimum absolute atomic E-state index is 0.0383. The molecular weight excluding hydrogens is 453 g/mol. The van der Waals surface area contributed by atoms with Gasteiger partial charge < -0.3 is 16.0 Å². The minimum Gasteiger partial charge on any atom is -0.364 e. The van der Waals surface area contributed by atoms with E-state index < -0.39 is 0 Å². The number of nitrogens with zero attached hydrogens (tertiary/aromatic N) is 4. The Kier molecular flexibility index (Phi) is 5.91. The van der Waals surface area contributed by atoms with Gasteiger partial charge in [0, 0.05) is 28.9 Å². The molecule has 36 heavy (non-hydrogen) atoms. The number of aryl methyl sites for hydroxylation is 1. The Morgan fingerprint density at radius 3 is 2.69 bits per heavy atom. The van der Waals surface area contributed by atoms with Crippen molar-refractivity contribution < 1.29 is 4.39 Å². The first kappa shape index (κ1) is 23.0. The van der Waals surface area contributed by atoms with Gasteiger partial charge in [0.25, 0.3) is 0 Å². The van der Waals surface area contributed by atoms with Crippen molar-refractivity contribution in [3.63, 3.8) is 0 Å². The van der Waals surface area contributed by atoms with Gasteiger partial charge in [-0.2, -0.15) is 0 Å². The average molecular weight is 486 g/mol. The lowest BCUT2D eigenvalue weighted by Gasteiger charge is -2.36. The summed E-state index contributed by atoms with van der Waals surface area (Å²) in [6, 6.07) is 1.39. The summed E-state index contributed by atoms with van der Waals surface area (Å²) in [5, 5.41) is 11.6. The molecule has 3 aliphatic rings. The normalized spacial score (nSPS) is 21.3. The molecule has 0 amide bonds. The van der Waals surface area contributed by atoms with Gasteiger partial charge in [0.1, 0.15) is 5.82 Å². The maximum absolute atomic E-state index is 14.4. The highest BCUT2D eigenvalue weighted by atomic mass is 19.1. The number of rotatable bonds is 6. The summed E-state index contributed by atoms with van der Waals surface area (Å²) in [5.41, 5.74) is 3.77. The fourth-order valence-corrected chi connectivity index (χ4v) is 5.17. The molecule has 3 aromatic heterocycles. The van der Waals surface area contributed by atoms with Crippen molar-refractivity contribution in [3.05, 3.63) is 65.7 Å². The van der Waals surface area contributed by atoms with Crippen LogP contribution in [0.5, 0.6) is 0 Å². The van der Waals surface area contributed by atoms with Crippen LogP contribution in [0.4, 0.5) is 16.0 Å². The molecule has 0 aromatic carbocycles. The first-order chi connectivity index (χ1) is 17.5. The van der Waals surface area contributed by atoms with E-state index in [9.17, 15) is 4.39 Å². The van der Waals surface area contributed by atoms with Gasteiger partial charge in [-0.25, -0.2) is 19.3 Å². The predicted molar refractivity (Wildman–Crippen MR) is 142 cm³/mol. The van der Waals surface area contributed by atoms with E-state index in [-0.39, 0.29) is 23.2 Å². The predicted octanol–water partition coefficient (Wildman–Crippen LogP) is 5.12. The van der Waals surface area contributed by atoms with Crippen LogP contribution in [-0.2, 0) is 0 Å². The monoisotopic (exact) mass is 485 g/mol. The molecule has 4 heterocycles. The molecule has 7 nitrogen and oxygen atoms in total. The lowest BCUT2D eigenvalue weighted by atomic mass is 9.90. The molecule has 2 fully saturated rings. The second-order valence-electron chi connectivity index (χ2n) is 10.6. The molecule has 186 valence electrons. The van der Waals surface area contributed by atoms with Crippen molar-refractivity contribution in [1.82, 2.24) is 25.3 Å². The lowest BCUT2D eigenvalue weighted by Crippen LogP contribution is -2.45. The SMILES string of the molecule is Cc1cnc(NC2C=C(c3nc(NC4(C)CCNCC4)c4c(C5CC5)cncc4n3)C=CC2)c(F)c1. The van der Waals surface area contributed by atoms with E-state index in [1.54, 1.807) is 6.20 Å². The fraction of sp³-hybridized carbons (Fsp3) is 0.429. The Morgan fingerprint density at radius 1 is 1.08 bits per heavy atom. The third-order valence-corrected chi connectivity index (χ3v) is 7.41. The molecule has 8 heteroatoms. The molecule has 1 saturated heterocycles. The van der Waals surface area contributed by atoms with Gasteiger partial charge in [-0.3, -0.25) is 4.98 Å². The summed E-state index contributed by atoms with van der Waals surface area (Å²) in [4.78, 5) is 18.8. The highest BCUT2D eigenvalue weighted by molar-refractivity contribution is 5.94. The summed E-state index contributed by atoms with van der Waals surface area (Å²) in [7, 11) is 0. The molecule has 3 aromatic rings. The smallest absolute Gasteiger partial charge is 0.165 e. The summed E-state index contributed by atoms with van der Waals surface area (Å²) in [6.45, 7) is 6.09. The number of hydrogen-bond acceptors (Lipinski definition) is 7. The van der Waals surface area contributed by atoms with Crippen molar-refractivity contribution in [2.24, 2.45) is 0 Å². The molecular formula is C28H32FN7. The highest BCUT2D eigenvalue weighted by Crippen LogP contribution is 2.44. The molecule has 0 radical (unpaired) electrons. The van der Waals surface area contributed by atoms with E-state index in [2.05, 4.69) is 45.0 Å². The number of anilines is 2. The van der Waals surface area contributed by atoms with E-state index in [1.165, 1.54) is 24.5 Å². The number of nitrogens with one attached hydrogen (secondary N) is 3. The van der Waals surface area contributed by atoms with Gasteiger partial charge in [-0.15, -0.1) is 0 Å². The fourth-order valence-electron chi connectivity index (χ4n) is 5.17. The summed E-state index contributed by atoms with van der Waals surface area (Å²) in [5.74, 6) is 1.99. The largest absolute Gasteiger partial charge is 0.364 e. The van der Waals surface area contributed by atoms with Crippen LogP contribution in [0.1, 0.15) is 61.9 Å². The number of hydrogen-bond donors (Lipinski definition) is 3. The van der Waals surface area contributed by atoms with Crippen LogP contribution in [0.15, 0.2) is 42.9 Å². The molecule has 1 aliphatic heterocycles. The third-order valence-electron chi connectivity index (χ3n) is 7.41. The Balaban J connectivity index is 1.38. The van der Waals surface area contributed by atoms with Gasteiger partial charge in [-0.1, -0.05) is 18.2 Å². The average Bonchev–Trinajstić information content (AvgIpc) is 3.71. The van der Waals surface area contributed by atoms with Crippen molar-refractivity contribution in [1.29, 1.82) is 0 Å². The van der Waals surface area contributed by atoms with Crippen LogP contribution in [0.2, 0.25) is 0 Å². The molecule has 1 saturated carbocycles. The molecule has 1 unspecified atom stereocenters. The van der Waals surface area contributed by atoms with Gasteiger partial charge in [0.2, 0.25) is 0 Å². The van der Waals surface area contributed by atoms with Gasteiger partial charge in [0.05, 0.1) is 17.8 Å². The van der Waals surface area contributed by atoms with Crippen LogP contribution in [-0.4, -0.2) is 44.6 Å². The van der Waals surface area contributed by atoms with E-state index in [0.29, 0.717) is 11.7 Å². The molecule has 0 spiro atoms. The maximum atomic E-state index is 14.4. The molecule has 2 aliphatic carbocycles. The first-order valence-electron chi connectivity index (χ1n) is 12.9. The van der Waals surface area contributed by atoms with Crippen LogP contribution >= 0.6 is 0 Å². The second-order valence-corrected chi connectivity index (χ2v) is 10.6. The lowest BCUT2D eigenvalue weighted by molar-refractivity contribution is 0.364. The zero-order chi connectivity index (χ0) is 24.7. The number of fused-ring (bicyclic) bond motifs is 1. The summed E-state index contributed by atoms with van der Waals surface area (Å²) >= 11 is 0. The van der Waals surface area contributed by atoms with Crippen LogP contribution in [0.25, 0.3) is 16.5 Å². The van der Waals surface area contributed by atoms with Crippen LogP contribution < -0.4 is 16.0 Å². The van der Waals surface area contributed by atoms with Gasteiger partial charge in [0.15, 0.2) is 17.5 Å². The Morgan fingerprint density at radius 2 is 1.92 bits per heavy atom. The Hall–Kier alpha value is -3.39. The second kappa shape index (κ2) is 9.24. The van der Waals surface area contributed by atoms with E-state index in [0.717, 1.165) is 60.2 Å². The Bertz CT molecular complexity index is 1360. The topological polar surface area (TPSA) is 87.7 Å². The minimum atomic E-state index is -0.346. The number of piperidine rings is 1. The van der Waals surface area contributed by atoms with Crippen molar-refractivity contribution in [3.8, 4) is 0 Å². The van der Waals surface area contributed by atoms with Crippen molar-refractivity contribution in [2.75, 3.05) is 23.7 Å². The quantitative estimate of drug-likeness (QED) is 0.446. The maximum Gasteiger partial charge on any atom is 0.165 e. The summed E-state index contributed by atoms with van der Waals surface area (Å²) in [6.07, 6.45) is 16.9. The highest BCUT2D eigenvalue weighted by Gasteiger charge is 2.31. The first-order valence-corrected chi connectivity index (χ1v) is 12.9. The number of allylic oxidation sites excluding steroid dienone is 2. The Labute approximate surface area is 210 Å². The number of aromatic nitrogens is 4. The molecule has 3 N–H and O–H groups in total. The van der Waals surface area contributed by atoms with Crippen LogP contribution in [0, 0.1) is 12.7 Å². The van der Waals surface area contributed by atoms with Crippen LogP contribution in [0.3, 0.4) is 0 Å². The van der Waals surface area contributed by atoms with Crippen molar-refractivity contribution in [2.45, 2.75) is 63.5 Å². The zero-order valence-electron chi connectivity index (χ0n) is 20.8. The number of halogens is 1. The molecule has 0 bridgehead atoms. The van der Waals surface area contributed by atoms with E-state index in [4.69, 9.17) is 9.97 Å². The van der Waals surface area contributed by atoms with Crippen molar-refractivity contribution >= 4 is 28.1 Å². The van der Waals surface area contributed by atoms with E-state index >= 15 is 0 Å². The van der Waals surface area contributed by atoms with Gasteiger partial charge >= 0.3 is 0 Å². The van der Waals surface area contributed by atoms with E-state index in [1.807, 2.05) is 25.4 Å². The molecule has 1 atom stereocenters. The molecule has 6 rings (SSSR count).